The molecule has 0 aliphatic heterocycles. The summed E-state index contributed by atoms with van der Waals surface area (Å²) in [5.41, 5.74) is 0.147. The minimum Gasteiger partial charge on any atom is -0.385 e. The summed E-state index contributed by atoms with van der Waals surface area (Å²) in [6, 6.07) is 1.33. The van der Waals surface area contributed by atoms with Crippen molar-refractivity contribution in [2.45, 2.75) is 51.2 Å². The molecular weight excluding hydrogens is 245 g/mol. The van der Waals surface area contributed by atoms with Gasteiger partial charge in [-0.3, -0.25) is 4.98 Å². The van der Waals surface area contributed by atoms with E-state index in [-0.39, 0.29) is 5.41 Å². The second-order valence-electron chi connectivity index (χ2n) is 6.27. The molecule has 1 saturated carbocycles. The normalized spacial score (nSPS) is 23.0. The van der Waals surface area contributed by atoms with Crippen LogP contribution in [0.5, 0.6) is 0 Å². The van der Waals surface area contributed by atoms with Crippen LogP contribution in [0.2, 0.25) is 0 Å². The van der Waals surface area contributed by atoms with Gasteiger partial charge in [0, 0.05) is 18.9 Å². The van der Waals surface area contributed by atoms with Crippen molar-refractivity contribution in [2.75, 3.05) is 7.11 Å². The zero-order chi connectivity index (χ0) is 14.1. The van der Waals surface area contributed by atoms with Crippen LogP contribution in [0.3, 0.4) is 0 Å². The van der Waals surface area contributed by atoms with Gasteiger partial charge in [-0.05, 0) is 37.2 Å². The van der Waals surface area contributed by atoms with E-state index >= 15 is 0 Å². The Labute approximate surface area is 113 Å². The van der Waals surface area contributed by atoms with E-state index in [4.69, 9.17) is 4.74 Å². The molecule has 3 nitrogen and oxygen atoms in total. The molecule has 0 aromatic carbocycles. The lowest BCUT2D eigenvalue weighted by Crippen LogP contribution is -2.44. The van der Waals surface area contributed by atoms with E-state index < -0.39 is 17.5 Å². The largest absolute Gasteiger partial charge is 0.385 e. The van der Waals surface area contributed by atoms with Crippen LogP contribution in [0.4, 0.5) is 4.39 Å². The highest BCUT2D eigenvalue weighted by molar-refractivity contribution is 5.18. The van der Waals surface area contributed by atoms with Gasteiger partial charge in [0.1, 0.15) is 11.9 Å². The number of aromatic nitrogens is 1. The highest BCUT2D eigenvalue weighted by atomic mass is 19.1. The highest BCUT2D eigenvalue weighted by Crippen LogP contribution is 2.47. The average Bonchev–Trinajstić information content (AvgIpc) is 2.39. The smallest absolute Gasteiger partial charge is 0.141 e. The number of hydrogen-bond acceptors (Lipinski definition) is 3. The van der Waals surface area contributed by atoms with Crippen molar-refractivity contribution in [3.8, 4) is 0 Å². The number of halogens is 1. The van der Waals surface area contributed by atoms with Gasteiger partial charge in [-0.25, -0.2) is 4.39 Å². The molecule has 1 fully saturated rings. The first-order valence-corrected chi connectivity index (χ1v) is 6.72. The molecule has 1 unspecified atom stereocenters. The van der Waals surface area contributed by atoms with Crippen molar-refractivity contribution in [1.82, 2.24) is 4.98 Å². The van der Waals surface area contributed by atoms with Crippen LogP contribution in [0.15, 0.2) is 18.5 Å². The molecule has 0 spiro atoms. The summed E-state index contributed by atoms with van der Waals surface area (Å²) in [6.07, 6.45) is 5.33. The Hall–Kier alpha value is -1.00. The van der Waals surface area contributed by atoms with Gasteiger partial charge in [0.25, 0.3) is 0 Å². The molecule has 0 amide bonds. The van der Waals surface area contributed by atoms with Crippen LogP contribution in [0.1, 0.15) is 51.2 Å². The van der Waals surface area contributed by atoms with Crippen molar-refractivity contribution in [3.63, 3.8) is 0 Å². The molecule has 1 aliphatic rings. The maximum absolute atomic E-state index is 13.2. The number of pyridine rings is 1. The maximum atomic E-state index is 13.2. The number of ether oxygens (including phenoxy) is 1. The molecule has 2 rings (SSSR count). The molecule has 1 aliphatic carbocycles. The molecule has 0 radical (unpaired) electrons. The molecule has 1 aromatic rings. The molecule has 106 valence electrons. The third-order valence-electron chi connectivity index (χ3n) is 4.40. The van der Waals surface area contributed by atoms with E-state index in [0.717, 1.165) is 31.9 Å². The van der Waals surface area contributed by atoms with Gasteiger partial charge in [0.05, 0.1) is 11.8 Å². The van der Waals surface area contributed by atoms with E-state index in [1.807, 2.05) is 0 Å². The van der Waals surface area contributed by atoms with Gasteiger partial charge < -0.3 is 9.84 Å². The molecular formula is C15H22FNO2. The SMILES string of the molecule is COC1(C(O)c2cncc(F)c2)CCC(C)(C)CC1. The zero-order valence-electron chi connectivity index (χ0n) is 11.8. The zero-order valence-corrected chi connectivity index (χ0v) is 11.8. The fraction of sp³-hybridized carbons (Fsp3) is 0.667. The lowest BCUT2D eigenvalue weighted by Gasteiger charge is -2.45. The van der Waals surface area contributed by atoms with Gasteiger partial charge >= 0.3 is 0 Å². The van der Waals surface area contributed by atoms with Crippen LogP contribution in [-0.4, -0.2) is 22.8 Å². The number of nitrogens with zero attached hydrogens (tertiary/aromatic N) is 1. The first-order chi connectivity index (χ1) is 8.88. The number of methoxy groups -OCH3 is 1. The molecule has 0 bridgehead atoms. The van der Waals surface area contributed by atoms with Crippen molar-refractivity contribution in [1.29, 1.82) is 0 Å². The summed E-state index contributed by atoms with van der Waals surface area (Å²) >= 11 is 0. The summed E-state index contributed by atoms with van der Waals surface area (Å²) in [6.45, 7) is 4.45. The first-order valence-electron chi connectivity index (χ1n) is 6.72. The number of rotatable bonds is 3. The molecule has 1 aromatic heterocycles. The predicted octanol–water partition coefficient (Wildman–Crippen LogP) is 3.24. The second kappa shape index (κ2) is 5.17. The van der Waals surface area contributed by atoms with E-state index in [1.54, 1.807) is 7.11 Å². The predicted molar refractivity (Wildman–Crippen MR) is 71.1 cm³/mol. The van der Waals surface area contributed by atoms with Crippen LogP contribution >= 0.6 is 0 Å². The van der Waals surface area contributed by atoms with Crippen LogP contribution < -0.4 is 0 Å². The highest BCUT2D eigenvalue weighted by Gasteiger charge is 2.44. The third kappa shape index (κ3) is 2.95. The van der Waals surface area contributed by atoms with Gasteiger partial charge in [-0.2, -0.15) is 0 Å². The standard InChI is InChI=1S/C15H22FNO2/c1-14(2)4-6-15(19-3,7-5-14)13(18)11-8-12(16)10-17-9-11/h8-10,13,18H,4-7H2,1-3H3. The average molecular weight is 267 g/mol. The molecule has 1 N–H and O–H groups in total. The van der Waals surface area contributed by atoms with E-state index in [2.05, 4.69) is 18.8 Å². The molecule has 1 heterocycles. The van der Waals surface area contributed by atoms with E-state index in [0.29, 0.717) is 5.56 Å². The Kier molecular flexibility index (Phi) is 3.92. The van der Waals surface area contributed by atoms with Crippen molar-refractivity contribution < 1.29 is 14.2 Å². The summed E-state index contributed by atoms with van der Waals surface area (Å²) in [4.78, 5) is 3.80. The monoisotopic (exact) mass is 267 g/mol. The van der Waals surface area contributed by atoms with Crippen molar-refractivity contribution in [2.24, 2.45) is 5.41 Å². The van der Waals surface area contributed by atoms with Crippen LogP contribution in [0.25, 0.3) is 0 Å². The molecule has 4 heteroatoms. The van der Waals surface area contributed by atoms with Crippen molar-refractivity contribution >= 4 is 0 Å². The molecule has 19 heavy (non-hydrogen) atoms. The van der Waals surface area contributed by atoms with E-state index in [9.17, 15) is 9.50 Å². The summed E-state index contributed by atoms with van der Waals surface area (Å²) in [5.74, 6) is -0.432. The summed E-state index contributed by atoms with van der Waals surface area (Å²) < 4.78 is 18.9. The Bertz CT molecular complexity index is 438. The third-order valence-corrected chi connectivity index (χ3v) is 4.40. The minimum atomic E-state index is -0.836. The number of hydrogen-bond donors (Lipinski definition) is 1. The summed E-state index contributed by atoms with van der Waals surface area (Å²) in [5, 5.41) is 10.6. The topological polar surface area (TPSA) is 42.4 Å². The molecule has 0 saturated heterocycles. The first kappa shape index (κ1) is 14.4. The number of aliphatic hydroxyl groups excluding tert-OH is 1. The Morgan fingerprint density at radius 2 is 1.89 bits per heavy atom. The van der Waals surface area contributed by atoms with E-state index in [1.165, 1.54) is 12.3 Å². The summed E-state index contributed by atoms with van der Waals surface area (Å²) in [7, 11) is 1.62. The quantitative estimate of drug-likeness (QED) is 0.914. The Morgan fingerprint density at radius 1 is 1.26 bits per heavy atom. The van der Waals surface area contributed by atoms with Gasteiger partial charge in [-0.15, -0.1) is 0 Å². The Balaban J connectivity index is 2.22. The number of aliphatic hydroxyl groups is 1. The lowest BCUT2D eigenvalue weighted by molar-refractivity contribution is -0.138. The van der Waals surface area contributed by atoms with Crippen molar-refractivity contribution in [3.05, 3.63) is 29.8 Å². The van der Waals surface area contributed by atoms with Gasteiger partial charge in [-0.1, -0.05) is 13.8 Å². The lowest BCUT2D eigenvalue weighted by atomic mass is 9.68. The fourth-order valence-corrected chi connectivity index (χ4v) is 2.82. The maximum Gasteiger partial charge on any atom is 0.141 e. The minimum absolute atomic E-state index is 0.280. The van der Waals surface area contributed by atoms with Crippen LogP contribution in [0, 0.1) is 11.2 Å². The second-order valence-corrected chi connectivity index (χ2v) is 6.27. The fourth-order valence-electron chi connectivity index (χ4n) is 2.82. The Morgan fingerprint density at radius 3 is 2.42 bits per heavy atom. The molecule has 1 atom stereocenters. The van der Waals surface area contributed by atoms with Gasteiger partial charge in [0.2, 0.25) is 0 Å². The van der Waals surface area contributed by atoms with Crippen LogP contribution in [-0.2, 0) is 4.74 Å². The van der Waals surface area contributed by atoms with Gasteiger partial charge in [0.15, 0.2) is 0 Å².